The molecule has 0 bridgehead atoms. The summed E-state index contributed by atoms with van der Waals surface area (Å²) in [6.45, 7) is 5.88. The van der Waals surface area contributed by atoms with E-state index < -0.39 is 11.8 Å². The quantitative estimate of drug-likeness (QED) is 0.814. The second kappa shape index (κ2) is 6.07. The van der Waals surface area contributed by atoms with Crippen LogP contribution in [0, 0.1) is 20.8 Å². The predicted octanol–water partition coefficient (Wildman–Crippen LogP) is 2.61. The molecule has 4 heteroatoms. The van der Waals surface area contributed by atoms with E-state index >= 15 is 0 Å². The minimum absolute atomic E-state index is 0.161. The summed E-state index contributed by atoms with van der Waals surface area (Å²) in [5.74, 6) is -1.11. The maximum absolute atomic E-state index is 12.0. The van der Waals surface area contributed by atoms with Crippen LogP contribution in [0.5, 0.6) is 0 Å². The van der Waals surface area contributed by atoms with Crippen molar-refractivity contribution in [1.82, 2.24) is 5.32 Å². The summed E-state index contributed by atoms with van der Waals surface area (Å²) in [5.41, 5.74) is 3.84. The van der Waals surface area contributed by atoms with E-state index in [0.29, 0.717) is 0 Å². The first-order valence-corrected chi connectivity index (χ1v) is 7.17. The number of carbonyl (C=O) groups is 2. The van der Waals surface area contributed by atoms with Crippen LogP contribution in [0.15, 0.2) is 12.1 Å². The lowest BCUT2D eigenvalue weighted by atomic mass is 10.1. The van der Waals surface area contributed by atoms with Crippen LogP contribution in [0.4, 0.5) is 5.69 Å². The fraction of sp³-hybridized carbons (Fsp3) is 0.500. The molecule has 0 heterocycles. The monoisotopic (exact) mass is 274 g/mol. The Bertz CT molecular complexity index is 508. The van der Waals surface area contributed by atoms with Gasteiger partial charge in [0, 0.05) is 11.7 Å². The van der Waals surface area contributed by atoms with Gasteiger partial charge >= 0.3 is 11.8 Å². The van der Waals surface area contributed by atoms with Crippen molar-refractivity contribution in [3.05, 3.63) is 28.8 Å². The molecule has 1 aromatic rings. The van der Waals surface area contributed by atoms with Crippen molar-refractivity contribution >= 4 is 17.5 Å². The lowest BCUT2D eigenvalue weighted by Crippen LogP contribution is -2.40. The number of amides is 2. The van der Waals surface area contributed by atoms with Crippen LogP contribution >= 0.6 is 0 Å². The Morgan fingerprint density at radius 2 is 1.55 bits per heavy atom. The SMILES string of the molecule is Cc1cc(C)c(NC(=O)C(=O)NC2CCCC2)c(C)c1. The zero-order valence-electron chi connectivity index (χ0n) is 12.4. The van der Waals surface area contributed by atoms with Crippen LogP contribution in [-0.4, -0.2) is 17.9 Å². The van der Waals surface area contributed by atoms with Gasteiger partial charge < -0.3 is 10.6 Å². The van der Waals surface area contributed by atoms with E-state index in [1.54, 1.807) is 0 Å². The van der Waals surface area contributed by atoms with Crippen LogP contribution in [0.1, 0.15) is 42.4 Å². The molecule has 1 fully saturated rings. The maximum atomic E-state index is 12.0. The minimum atomic E-state index is -0.577. The van der Waals surface area contributed by atoms with Gasteiger partial charge in [0.15, 0.2) is 0 Å². The molecular formula is C16H22N2O2. The maximum Gasteiger partial charge on any atom is 0.313 e. The van der Waals surface area contributed by atoms with Gasteiger partial charge in [0.05, 0.1) is 0 Å². The lowest BCUT2D eigenvalue weighted by Gasteiger charge is -2.14. The molecule has 0 atom stereocenters. The highest BCUT2D eigenvalue weighted by atomic mass is 16.2. The lowest BCUT2D eigenvalue weighted by molar-refractivity contribution is -0.136. The topological polar surface area (TPSA) is 58.2 Å². The predicted molar refractivity (Wildman–Crippen MR) is 79.7 cm³/mol. The minimum Gasteiger partial charge on any atom is -0.345 e. The number of aryl methyl sites for hydroxylation is 3. The third-order valence-electron chi connectivity index (χ3n) is 3.81. The first kappa shape index (κ1) is 14.6. The van der Waals surface area contributed by atoms with Gasteiger partial charge in [-0.25, -0.2) is 0 Å². The highest BCUT2D eigenvalue weighted by molar-refractivity contribution is 6.39. The van der Waals surface area contributed by atoms with Gasteiger partial charge in [-0.2, -0.15) is 0 Å². The average molecular weight is 274 g/mol. The standard InChI is InChI=1S/C16H22N2O2/c1-10-8-11(2)14(12(3)9-10)18-16(20)15(19)17-13-6-4-5-7-13/h8-9,13H,4-7H2,1-3H3,(H,17,19)(H,18,20). The molecule has 0 aliphatic heterocycles. The third kappa shape index (κ3) is 3.38. The molecule has 1 aliphatic rings. The normalized spacial score (nSPS) is 15.2. The Balaban J connectivity index is 2.02. The van der Waals surface area contributed by atoms with Crippen molar-refractivity contribution in [2.45, 2.75) is 52.5 Å². The number of rotatable bonds is 2. The number of carbonyl (C=O) groups excluding carboxylic acids is 2. The van der Waals surface area contributed by atoms with Crippen LogP contribution in [0.25, 0.3) is 0 Å². The van der Waals surface area contributed by atoms with Gasteiger partial charge in [-0.05, 0) is 44.7 Å². The summed E-state index contributed by atoms with van der Waals surface area (Å²) in [4.78, 5) is 23.8. The van der Waals surface area contributed by atoms with Crippen molar-refractivity contribution in [3.63, 3.8) is 0 Å². The van der Waals surface area contributed by atoms with E-state index in [-0.39, 0.29) is 6.04 Å². The average Bonchev–Trinajstić information content (AvgIpc) is 2.86. The second-order valence-electron chi connectivity index (χ2n) is 5.68. The van der Waals surface area contributed by atoms with E-state index in [0.717, 1.165) is 48.1 Å². The van der Waals surface area contributed by atoms with Crippen molar-refractivity contribution in [3.8, 4) is 0 Å². The summed E-state index contributed by atoms with van der Waals surface area (Å²) in [6, 6.07) is 4.16. The van der Waals surface area contributed by atoms with Gasteiger partial charge in [0.1, 0.15) is 0 Å². The van der Waals surface area contributed by atoms with Crippen molar-refractivity contribution < 1.29 is 9.59 Å². The molecular weight excluding hydrogens is 252 g/mol. The van der Waals surface area contributed by atoms with E-state index in [4.69, 9.17) is 0 Å². The molecule has 0 aromatic heterocycles. The second-order valence-corrected chi connectivity index (χ2v) is 5.68. The summed E-state index contributed by atoms with van der Waals surface area (Å²) in [6.07, 6.45) is 4.20. The zero-order chi connectivity index (χ0) is 14.7. The molecule has 4 nitrogen and oxygen atoms in total. The van der Waals surface area contributed by atoms with Crippen LogP contribution in [0.3, 0.4) is 0 Å². The van der Waals surface area contributed by atoms with Crippen molar-refractivity contribution in [1.29, 1.82) is 0 Å². The fourth-order valence-corrected chi connectivity index (χ4v) is 2.87. The molecule has 1 aliphatic carbocycles. The molecule has 2 amide bonds. The number of benzene rings is 1. The van der Waals surface area contributed by atoms with E-state index in [2.05, 4.69) is 10.6 Å². The Morgan fingerprint density at radius 3 is 2.10 bits per heavy atom. The van der Waals surface area contributed by atoms with Gasteiger partial charge in [-0.15, -0.1) is 0 Å². The summed E-state index contributed by atoms with van der Waals surface area (Å²) in [5, 5.41) is 5.53. The molecule has 20 heavy (non-hydrogen) atoms. The Hall–Kier alpha value is -1.84. The Morgan fingerprint density at radius 1 is 1.00 bits per heavy atom. The number of hydrogen-bond donors (Lipinski definition) is 2. The molecule has 2 rings (SSSR count). The number of hydrogen-bond acceptors (Lipinski definition) is 2. The molecule has 0 spiro atoms. The first-order valence-electron chi connectivity index (χ1n) is 7.17. The largest absolute Gasteiger partial charge is 0.345 e. The Kier molecular flexibility index (Phi) is 4.42. The number of nitrogens with one attached hydrogen (secondary N) is 2. The molecule has 0 unspecified atom stereocenters. The van der Waals surface area contributed by atoms with Crippen LogP contribution in [0.2, 0.25) is 0 Å². The summed E-state index contributed by atoms with van der Waals surface area (Å²) in [7, 11) is 0. The fourth-order valence-electron chi connectivity index (χ4n) is 2.87. The number of anilines is 1. The molecule has 2 N–H and O–H groups in total. The third-order valence-corrected chi connectivity index (χ3v) is 3.81. The van der Waals surface area contributed by atoms with E-state index in [1.807, 2.05) is 32.9 Å². The van der Waals surface area contributed by atoms with Gasteiger partial charge in [-0.3, -0.25) is 9.59 Å². The Labute approximate surface area is 119 Å². The summed E-state index contributed by atoms with van der Waals surface area (Å²) < 4.78 is 0. The highest BCUT2D eigenvalue weighted by Gasteiger charge is 2.22. The molecule has 1 aromatic carbocycles. The van der Waals surface area contributed by atoms with Gasteiger partial charge in [0.2, 0.25) is 0 Å². The van der Waals surface area contributed by atoms with Gasteiger partial charge in [-0.1, -0.05) is 30.5 Å². The van der Waals surface area contributed by atoms with Crippen molar-refractivity contribution in [2.24, 2.45) is 0 Å². The zero-order valence-corrected chi connectivity index (χ0v) is 12.4. The molecule has 0 radical (unpaired) electrons. The van der Waals surface area contributed by atoms with Crippen molar-refractivity contribution in [2.75, 3.05) is 5.32 Å². The molecule has 1 saturated carbocycles. The first-order chi connectivity index (χ1) is 9.47. The molecule has 108 valence electrons. The van der Waals surface area contributed by atoms with Gasteiger partial charge in [0.25, 0.3) is 0 Å². The van der Waals surface area contributed by atoms with E-state index in [1.165, 1.54) is 0 Å². The smallest absolute Gasteiger partial charge is 0.313 e. The van der Waals surface area contributed by atoms with Crippen LogP contribution in [-0.2, 0) is 9.59 Å². The highest BCUT2D eigenvalue weighted by Crippen LogP contribution is 2.22. The summed E-state index contributed by atoms with van der Waals surface area (Å²) >= 11 is 0. The van der Waals surface area contributed by atoms with Crippen LogP contribution < -0.4 is 10.6 Å². The molecule has 0 saturated heterocycles. The van der Waals surface area contributed by atoms with E-state index in [9.17, 15) is 9.59 Å².